The summed E-state index contributed by atoms with van der Waals surface area (Å²) < 4.78 is 15.3. The van der Waals surface area contributed by atoms with E-state index in [0.29, 0.717) is 24.3 Å². The molecule has 6 heteroatoms. The van der Waals surface area contributed by atoms with E-state index in [-0.39, 0.29) is 13.2 Å². The molecule has 0 aromatic heterocycles. The molecule has 0 heterocycles. The van der Waals surface area contributed by atoms with Crippen LogP contribution in [-0.4, -0.2) is 26.3 Å². The molecule has 0 N–H and O–H groups in total. The number of hydrogen-bond acceptors (Lipinski definition) is 6. The van der Waals surface area contributed by atoms with Crippen LogP contribution in [0.15, 0.2) is 24.3 Å². The molecule has 22 heavy (non-hydrogen) atoms. The van der Waals surface area contributed by atoms with Gasteiger partial charge in [0.1, 0.15) is 6.07 Å². The minimum Gasteiger partial charge on any atom is -0.493 e. The molecular weight excluding hydrogens is 284 g/mol. The number of esters is 1. The zero-order valence-electron chi connectivity index (χ0n) is 12.2. The van der Waals surface area contributed by atoms with Crippen molar-refractivity contribution in [3.8, 4) is 23.6 Å². The number of ether oxygens (including phenoxy) is 3. The van der Waals surface area contributed by atoms with Crippen LogP contribution in [0.3, 0.4) is 0 Å². The molecule has 0 radical (unpaired) electrons. The standard InChI is InChI=1S/C16H16N2O4/c1-20-15-12-13(4-6-14(15)21-11-9-18)5-7-16(19)22-10-3-2-8-17/h4-7,12H,2-3,10-11H2,1H3/b7-5+. The summed E-state index contributed by atoms with van der Waals surface area (Å²) in [6.45, 7) is 0.154. The van der Waals surface area contributed by atoms with Gasteiger partial charge in [0.05, 0.1) is 19.8 Å². The maximum absolute atomic E-state index is 11.5. The lowest BCUT2D eigenvalue weighted by Crippen LogP contribution is -2.01. The van der Waals surface area contributed by atoms with E-state index in [1.54, 1.807) is 24.3 Å². The van der Waals surface area contributed by atoms with Crippen molar-refractivity contribution < 1.29 is 19.0 Å². The normalized spacial score (nSPS) is 9.77. The van der Waals surface area contributed by atoms with Crippen molar-refractivity contribution in [2.45, 2.75) is 12.8 Å². The van der Waals surface area contributed by atoms with Crippen LogP contribution < -0.4 is 9.47 Å². The summed E-state index contributed by atoms with van der Waals surface area (Å²) >= 11 is 0. The third kappa shape index (κ3) is 5.98. The minimum atomic E-state index is -0.471. The predicted molar refractivity (Wildman–Crippen MR) is 78.9 cm³/mol. The Labute approximate surface area is 129 Å². The summed E-state index contributed by atoms with van der Waals surface area (Å²) in [7, 11) is 1.49. The Bertz CT molecular complexity index is 612. The second kappa shape index (κ2) is 9.84. The number of benzene rings is 1. The Hall–Kier alpha value is -2.99. The van der Waals surface area contributed by atoms with Gasteiger partial charge in [-0.15, -0.1) is 0 Å². The maximum Gasteiger partial charge on any atom is 0.330 e. The van der Waals surface area contributed by atoms with Gasteiger partial charge in [-0.1, -0.05) is 6.07 Å². The molecule has 6 nitrogen and oxygen atoms in total. The van der Waals surface area contributed by atoms with Crippen LogP contribution in [0.1, 0.15) is 18.4 Å². The summed E-state index contributed by atoms with van der Waals surface area (Å²) in [5, 5.41) is 16.9. The number of rotatable bonds is 8. The fraction of sp³-hybridized carbons (Fsp3) is 0.312. The van der Waals surface area contributed by atoms with Gasteiger partial charge in [0.15, 0.2) is 18.1 Å². The Balaban J connectivity index is 2.62. The van der Waals surface area contributed by atoms with Crippen LogP contribution >= 0.6 is 0 Å². The number of hydrogen-bond donors (Lipinski definition) is 0. The van der Waals surface area contributed by atoms with Gasteiger partial charge in [-0.05, 0) is 30.2 Å². The summed E-state index contributed by atoms with van der Waals surface area (Å²) in [6, 6.07) is 8.93. The van der Waals surface area contributed by atoms with Crippen LogP contribution in [0.25, 0.3) is 6.08 Å². The van der Waals surface area contributed by atoms with E-state index >= 15 is 0 Å². The quantitative estimate of drug-likeness (QED) is 0.416. The van der Waals surface area contributed by atoms with E-state index in [9.17, 15) is 4.79 Å². The molecular formula is C16H16N2O4. The highest BCUT2D eigenvalue weighted by atomic mass is 16.5. The predicted octanol–water partition coefficient (Wildman–Crippen LogP) is 2.46. The SMILES string of the molecule is COc1cc(/C=C/C(=O)OCCCC#N)ccc1OCC#N. The summed E-state index contributed by atoms with van der Waals surface area (Å²) in [6.07, 6.45) is 3.77. The van der Waals surface area contributed by atoms with Gasteiger partial charge >= 0.3 is 5.97 Å². The molecule has 0 spiro atoms. The molecule has 0 atom stereocenters. The Morgan fingerprint density at radius 1 is 1.27 bits per heavy atom. The lowest BCUT2D eigenvalue weighted by atomic mass is 10.2. The van der Waals surface area contributed by atoms with Crippen molar-refractivity contribution >= 4 is 12.0 Å². The first kappa shape index (κ1) is 17.1. The van der Waals surface area contributed by atoms with E-state index in [2.05, 4.69) is 0 Å². The third-order valence-electron chi connectivity index (χ3n) is 2.57. The van der Waals surface area contributed by atoms with Gasteiger partial charge in [-0.25, -0.2) is 4.79 Å². The Morgan fingerprint density at radius 3 is 2.77 bits per heavy atom. The van der Waals surface area contributed by atoms with Gasteiger partial charge in [-0.3, -0.25) is 0 Å². The summed E-state index contributed by atoms with van der Waals surface area (Å²) in [4.78, 5) is 11.5. The first-order valence-corrected chi connectivity index (χ1v) is 6.61. The highest BCUT2D eigenvalue weighted by Crippen LogP contribution is 2.28. The highest BCUT2D eigenvalue weighted by molar-refractivity contribution is 5.87. The van der Waals surface area contributed by atoms with E-state index in [0.717, 1.165) is 5.56 Å². The van der Waals surface area contributed by atoms with E-state index < -0.39 is 5.97 Å². The molecule has 1 aromatic carbocycles. The second-order valence-corrected chi connectivity index (χ2v) is 4.12. The molecule has 0 aliphatic carbocycles. The monoisotopic (exact) mass is 300 g/mol. The van der Waals surface area contributed by atoms with Gasteiger partial charge in [0.25, 0.3) is 0 Å². The summed E-state index contributed by atoms with van der Waals surface area (Å²) in [5.41, 5.74) is 0.732. The first-order chi connectivity index (χ1) is 10.7. The molecule has 0 saturated carbocycles. The molecule has 114 valence electrons. The van der Waals surface area contributed by atoms with Gasteiger partial charge in [-0.2, -0.15) is 10.5 Å². The minimum absolute atomic E-state index is 0.0689. The zero-order chi connectivity index (χ0) is 16.2. The lowest BCUT2D eigenvalue weighted by molar-refractivity contribution is -0.137. The fourth-order valence-corrected chi connectivity index (χ4v) is 1.55. The fourth-order valence-electron chi connectivity index (χ4n) is 1.55. The van der Waals surface area contributed by atoms with Crippen molar-refractivity contribution in [2.24, 2.45) is 0 Å². The van der Waals surface area contributed by atoms with Crippen LogP contribution in [-0.2, 0) is 9.53 Å². The molecule has 0 aliphatic rings. The number of nitriles is 2. The van der Waals surface area contributed by atoms with Crippen molar-refractivity contribution in [1.82, 2.24) is 0 Å². The van der Waals surface area contributed by atoms with Crippen LogP contribution in [0, 0.1) is 22.7 Å². The Kier molecular flexibility index (Phi) is 7.63. The van der Waals surface area contributed by atoms with Crippen molar-refractivity contribution in [3.05, 3.63) is 29.8 Å². The molecule has 0 aliphatic heterocycles. The lowest BCUT2D eigenvalue weighted by Gasteiger charge is -2.08. The number of carbonyl (C=O) groups excluding carboxylic acids is 1. The molecule has 0 fully saturated rings. The molecule has 0 saturated heterocycles. The van der Waals surface area contributed by atoms with Gasteiger partial charge < -0.3 is 14.2 Å². The van der Waals surface area contributed by atoms with Crippen LogP contribution in [0.2, 0.25) is 0 Å². The number of unbranched alkanes of at least 4 members (excludes halogenated alkanes) is 1. The van der Waals surface area contributed by atoms with Crippen LogP contribution in [0.5, 0.6) is 11.5 Å². The van der Waals surface area contributed by atoms with Gasteiger partial charge in [0, 0.05) is 12.5 Å². The molecule has 1 aromatic rings. The summed E-state index contributed by atoms with van der Waals surface area (Å²) in [5.74, 6) is 0.460. The molecule has 1 rings (SSSR count). The number of nitrogens with zero attached hydrogens (tertiary/aromatic N) is 2. The van der Waals surface area contributed by atoms with E-state index in [4.69, 9.17) is 24.7 Å². The van der Waals surface area contributed by atoms with Crippen molar-refractivity contribution in [1.29, 1.82) is 10.5 Å². The average Bonchev–Trinajstić information content (AvgIpc) is 2.55. The second-order valence-electron chi connectivity index (χ2n) is 4.12. The van der Waals surface area contributed by atoms with E-state index in [1.807, 2.05) is 12.1 Å². The first-order valence-electron chi connectivity index (χ1n) is 6.61. The number of methoxy groups -OCH3 is 1. The number of carbonyl (C=O) groups is 1. The zero-order valence-corrected chi connectivity index (χ0v) is 12.2. The van der Waals surface area contributed by atoms with Crippen molar-refractivity contribution in [2.75, 3.05) is 20.3 Å². The highest BCUT2D eigenvalue weighted by Gasteiger charge is 2.05. The van der Waals surface area contributed by atoms with E-state index in [1.165, 1.54) is 13.2 Å². The largest absolute Gasteiger partial charge is 0.493 e. The molecule has 0 unspecified atom stereocenters. The van der Waals surface area contributed by atoms with Gasteiger partial charge in [0.2, 0.25) is 0 Å². The van der Waals surface area contributed by atoms with Crippen molar-refractivity contribution in [3.63, 3.8) is 0 Å². The van der Waals surface area contributed by atoms with Crippen LogP contribution in [0.4, 0.5) is 0 Å². The molecule has 0 bridgehead atoms. The third-order valence-corrected chi connectivity index (χ3v) is 2.57. The molecule has 0 amide bonds. The average molecular weight is 300 g/mol. The smallest absolute Gasteiger partial charge is 0.330 e. The topological polar surface area (TPSA) is 92.3 Å². The maximum atomic E-state index is 11.5. The Morgan fingerprint density at radius 2 is 2.09 bits per heavy atom.